The summed E-state index contributed by atoms with van der Waals surface area (Å²) in [7, 11) is 0. The summed E-state index contributed by atoms with van der Waals surface area (Å²) in [6.07, 6.45) is 4.25. The first-order chi connectivity index (χ1) is 6.18. The fourth-order valence-corrected chi connectivity index (χ4v) is 1.45. The third-order valence-corrected chi connectivity index (χ3v) is 3.04. The van der Waals surface area contributed by atoms with Crippen LogP contribution in [0.15, 0.2) is 10.7 Å². The number of anilines is 2. The highest BCUT2D eigenvalue weighted by Gasteiger charge is 2.22. The van der Waals surface area contributed by atoms with Crippen LogP contribution in [0.2, 0.25) is 0 Å². The van der Waals surface area contributed by atoms with Gasteiger partial charge in [0, 0.05) is 16.7 Å². The van der Waals surface area contributed by atoms with Gasteiger partial charge >= 0.3 is 0 Å². The normalized spacial score (nSPS) is 15.8. The minimum absolute atomic E-state index is 0.593. The highest BCUT2D eigenvalue weighted by molar-refractivity contribution is 9.10. The summed E-state index contributed by atoms with van der Waals surface area (Å²) in [5.74, 6) is 0.822. The molecular formula is C9H12BrN3. The molecule has 1 aromatic heterocycles. The van der Waals surface area contributed by atoms with E-state index in [2.05, 4.69) is 26.2 Å². The zero-order valence-corrected chi connectivity index (χ0v) is 9.06. The van der Waals surface area contributed by atoms with Crippen LogP contribution in [0.5, 0.6) is 0 Å². The van der Waals surface area contributed by atoms with Gasteiger partial charge in [0.15, 0.2) is 0 Å². The van der Waals surface area contributed by atoms with Gasteiger partial charge in [0.2, 0.25) is 0 Å². The molecule has 70 valence electrons. The van der Waals surface area contributed by atoms with E-state index in [0.29, 0.717) is 6.04 Å². The Morgan fingerprint density at radius 1 is 1.62 bits per heavy atom. The number of hydrogen-bond donors (Lipinski definition) is 2. The fourth-order valence-electron chi connectivity index (χ4n) is 1.13. The molecule has 1 saturated carbocycles. The Balaban J connectivity index is 2.29. The summed E-state index contributed by atoms with van der Waals surface area (Å²) >= 11 is 3.39. The van der Waals surface area contributed by atoms with Crippen molar-refractivity contribution in [2.24, 2.45) is 0 Å². The number of halogens is 1. The zero-order valence-electron chi connectivity index (χ0n) is 7.47. The van der Waals surface area contributed by atoms with Gasteiger partial charge in [0.1, 0.15) is 5.82 Å². The van der Waals surface area contributed by atoms with Crippen LogP contribution in [-0.4, -0.2) is 11.0 Å². The minimum Gasteiger partial charge on any atom is -0.395 e. The second-order valence-electron chi connectivity index (χ2n) is 3.41. The van der Waals surface area contributed by atoms with Crippen LogP contribution in [0, 0.1) is 6.92 Å². The van der Waals surface area contributed by atoms with Gasteiger partial charge in [0.25, 0.3) is 0 Å². The highest BCUT2D eigenvalue weighted by atomic mass is 79.9. The molecule has 1 aliphatic rings. The van der Waals surface area contributed by atoms with Crippen molar-refractivity contribution in [1.82, 2.24) is 4.98 Å². The summed E-state index contributed by atoms with van der Waals surface area (Å²) in [6.45, 7) is 1.99. The fraction of sp³-hybridized carbons (Fsp3) is 0.444. The van der Waals surface area contributed by atoms with E-state index in [-0.39, 0.29) is 0 Å². The standard InChI is InChI=1S/C9H12BrN3/c1-5-7(10)4-12-9(8(5)11)13-6-2-3-6/h4,6H,2-3,11H2,1H3,(H,12,13). The van der Waals surface area contributed by atoms with Crippen LogP contribution >= 0.6 is 15.9 Å². The summed E-state index contributed by atoms with van der Waals surface area (Å²) in [6, 6.07) is 0.593. The number of rotatable bonds is 2. The molecule has 0 saturated heterocycles. The lowest BCUT2D eigenvalue weighted by atomic mass is 10.2. The maximum Gasteiger partial charge on any atom is 0.149 e. The quantitative estimate of drug-likeness (QED) is 0.836. The number of hydrogen-bond acceptors (Lipinski definition) is 3. The molecule has 1 aromatic rings. The molecule has 0 radical (unpaired) electrons. The van der Waals surface area contributed by atoms with Crippen LogP contribution in [0.4, 0.5) is 11.5 Å². The molecule has 1 fully saturated rings. The lowest BCUT2D eigenvalue weighted by molar-refractivity contribution is 1.11. The molecule has 0 amide bonds. The van der Waals surface area contributed by atoms with Crippen molar-refractivity contribution >= 4 is 27.4 Å². The predicted octanol–water partition coefficient (Wildman–Crippen LogP) is 2.31. The van der Waals surface area contributed by atoms with Crippen molar-refractivity contribution in [3.63, 3.8) is 0 Å². The number of nitrogens with two attached hydrogens (primary N) is 1. The molecule has 1 heterocycles. The van der Waals surface area contributed by atoms with Crippen LogP contribution < -0.4 is 11.1 Å². The number of nitrogen functional groups attached to an aromatic ring is 1. The second-order valence-corrected chi connectivity index (χ2v) is 4.27. The summed E-state index contributed by atoms with van der Waals surface area (Å²) in [4.78, 5) is 4.24. The Morgan fingerprint density at radius 2 is 2.31 bits per heavy atom. The van der Waals surface area contributed by atoms with Gasteiger partial charge in [-0.05, 0) is 41.3 Å². The van der Waals surface area contributed by atoms with E-state index < -0.39 is 0 Å². The van der Waals surface area contributed by atoms with Crippen molar-refractivity contribution in [3.05, 3.63) is 16.2 Å². The average molecular weight is 242 g/mol. The van der Waals surface area contributed by atoms with Crippen molar-refractivity contribution in [3.8, 4) is 0 Å². The molecule has 0 spiro atoms. The van der Waals surface area contributed by atoms with Gasteiger partial charge in [0.05, 0.1) is 5.69 Å². The first-order valence-electron chi connectivity index (χ1n) is 4.35. The Kier molecular flexibility index (Phi) is 2.15. The van der Waals surface area contributed by atoms with Crippen LogP contribution in [0.3, 0.4) is 0 Å². The SMILES string of the molecule is Cc1c(Br)cnc(NC2CC2)c1N. The van der Waals surface area contributed by atoms with Gasteiger partial charge in [-0.1, -0.05) is 0 Å². The summed E-state index contributed by atoms with van der Waals surface area (Å²) in [5.41, 5.74) is 7.71. The Bertz CT molecular complexity index is 334. The van der Waals surface area contributed by atoms with E-state index in [9.17, 15) is 0 Å². The lowest BCUT2D eigenvalue weighted by Gasteiger charge is -2.09. The molecule has 0 aliphatic heterocycles. The maximum absolute atomic E-state index is 5.90. The first kappa shape index (κ1) is 8.81. The highest BCUT2D eigenvalue weighted by Crippen LogP contribution is 2.30. The number of nitrogens with zero attached hydrogens (tertiary/aromatic N) is 1. The minimum atomic E-state index is 0.593. The van der Waals surface area contributed by atoms with E-state index in [1.54, 1.807) is 6.20 Å². The van der Waals surface area contributed by atoms with Gasteiger partial charge in [-0.3, -0.25) is 0 Å². The number of pyridine rings is 1. The van der Waals surface area contributed by atoms with E-state index in [1.165, 1.54) is 12.8 Å². The zero-order chi connectivity index (χ0) is 9.42. The van der Waals surface area contributed by atoms with Gasteiger partial charge in [-0.15, -0.1) is 0 Å². The monoisotopic (exact) mass is 241 g/mol. The molecule has 3 N–H and O–H groups in total. The van der Waals surface area contributed by atoms with Gasteiger partial charge < -0.3 is 11.1 Å². The first-order valence-corrected chi connectivity index (χ1v) is 5.15. The van der Waals surface area contributed by atoms with Crippen molar-refractivity contribution in [2.45, 2.75) is 25.8 Å². The molecular weight excluding hydrogens is 230 g/mol. The smallest absolute Gasteiger partial charge is 0.149 e. The third-order valence-electron chi connectivity index (χ3n) is 2.24. The molecule has 0 atom stereocenters. The maximum atomic E-state index is 5.90. The van der Waals surface area contributed by atoms with E-state index in [4.69, 9.17) is 5.73 Å². The van der Waals surface area contributed by atoms with Crippen molar-refractivity contribution < 1.29 is 0 Å². The summed E-state index contributed by atoms with van der Waals surface area (Å²) in [5, 5.41) is 3.30. The molecule has 0 bridgehead atoms. The second kappa shape index (κ2) is 3.18. The predicted molar refractivity (Wildman–Crippen MR) is 57.7 cm³/mol. The topological polar surface area (TPSA) is 50.9 Å². The molecule has 1 aliphatic carbocycles. The molecule has 4 heteroatoms. The molecule has 0 unspecified atom stereocenters. The molecule has 2 rings (SSSR count). The molecule has 13 heavy (non-hydrogen) atoms. The van der Waals surface area contributed by atoms with E-state index in [0.717, 1.165) is 21.5 Å². The lowest BCUT2D eigenvalue weighted by Crippen LogP contribution is -2.07. The third kappa shape index (κ3) is 1.77. The largest absolute Gasteiger partial charge is 0.395 e. The Hall–Kier alpha value is -0.770. The van der Waals surface area contributed by atoms with Crippen LogP contribution in [-0.2, 0) is 0 Å². The average Bonchev–Trinajstić information content (AvgIpc) is 2.90. The Labute approximate surface area is 85.9 Å². The van der Waals surface area contributed by atoms with Crippen LogP contribution in [0.25, 0.3) is 0 Å². The van der Waals surface area contributed by atoms with Gasteiger partial charge in [-0.2, -0.15) is 0 Å². The van der Waals surface area contributed by atoms with Gasteiger partial charge in [-0.25, -0.2) is 4.98 Å². The van der Waals surface area contributed by atoms with Crippen molar-refractivity contribution in [1.29, 1.82) is 0 Å². The van der Waals surface area contributed by atoms with Crippen molar-refractivity contribution in [2.75, 3.05) is 11.1 Å². The summed E-state index contributed by atoms with van der Waals surface area (Å²) < 4.78 is 0.964. The molecule has 3 nitrogen and oxygen atoms in total. The van der Waals surface area contributed by atoms with Crippen LogP contribution in [0.1, 0.15) is 18.4 Å². The molecule has 0 aromatic carbocycles. The number of nitrogens with one attached hydrogen (secondary N) is 1. The number of aromatic nitrogens is 1. The van der Waals surface area contributed by atoms with E-state index >= 15 is 0 Å². The van der Waals surface area contributed by atoms with E-state index in [1.807, 2.05) is 6.92 Å². The Morgan fingerprint density at radius 3 is 2.92 bits per heavy atom.